The van der Waals surface area contributed by atoms with Crippen LogP contribution in [0.1, 0.15) is 40.0 Å². The van der Waals surface area contributed by atoms with Crippen LogP contribution in [-0.4, -0.2) is 54.8 Å². The third-order valence-corrected chi connectivity index (χ3v) is 7.45. The maximum atomic E-state index is 13.3. The highest BCUT2D eigenvalue weighted by atomic mass is 32.2. The van der Waals surface area contributed by atoms with E-state index in [9.17, 15) is 13.5 Å². The Morgan fingerprint density at radius 2 is 2.04 bits per heavy atom. The first-order chi connectivity index (χ1) is 12.0. The molecule has 1 aromatic carbocycles. The minimum absolute atomic E-state index is 0.0422. The van der Waals surface area contributed by atoms with Crippen molar-refractivity contribution in [2.75, 3.05) is 25.0 Å². The van der Waals surface area contributed by atoms with Gasteiger partial charge >= 0.3 is 0 Å². The van der Waals surface area contributed by atoms with Crippen molar-refractivity contribution in [2.24, 2.45) is 10.8 Å². The maximum Gasteiger partial charge on any atom is 0.243 e. The number of nitrogens with one attached hydrogen (secondary N) is 1. The lowest BCUT2D eigenvalue weighted by Crippen LogP contribution is -2.37. The van der Waals surface area contributed by atoms with Crippen LogP contribution in [0.4, 0.5) is 5.69 Å². The largest absolute Gasteiger partial charge is 0.394 e. The van der Waals surface area contributed by atoms with Gasteiger partial charge in [0.15, 0.2) is 0 Å². The number of fused-ring (bicyclic) bond motifs is 2. The van der Waals surface area contributed by atoms with Crippen molar-refractivity contribution in [1.82, 2.24) is 4.31 Å². The van der Waals surface area contributed by atoms with Gasteiger partial charge in [-0.05, 0) is 48.3 Å². The van der Waals surface area contributed by atoms with Crippen LogP contribution in [0.3, 0.4) is 0 Å². The zero-order chi connectivity index (χ0) is 19.2. The molecule has 146 valence electrons. The molecular weight excluding hydrogens is 352 g/mol. The van der Waals surface area contributed by atoms with Gasteiger partial charge in [0.05, 0.1) is 17.6 Å². The predicted molar refractivity (Wildman–Crippen MR) is 101 cm³/mol. The van der Waals surface area contributed by atoms with Crippen molar-refractivity contribution in [2.45, 2.75) is 57.1 Å². The van der Waals surface area contributed by atoms with Crippen LogP contribution in [0.5, 0.6) is 0 Å². The summed E-state index contributed by atoms with van der Waals surface area (Å²) in [4.78, 5) is 0.273. The lowest BCUT2D eigenvalue weighted by Gasteiger charge is -2.39. The number of hydrogen-bond acceptors (Lipinski definition) is 5. The Morgan fingerprint density at radius 1 is 1.31 bits per heavy atom. The number of sulfonamides is 1. The summed E-state index contributed by atoms with van der Waals surface area (Å²) in [6.45, 7) is 7.05. The molecule has 1 aliphatic heterocycles. The first-order valence-corrected chi connectivity index (χ1v) is 10.6. The average molecular weight is 383 g/mol. The highest BCUT2D eigenvalue weighted by Gasteiger charge is 2.53. The molecule has 6 nitrogen and oxygen atoms in total. The fourth-order valence-electron chi connectivity index (χ4n) is 4.89. The molecule has 1 saturated heterocycles. The second kappa shape index (κ2) is 6.78. The molecular formula is C19H30N2O4S. The van der Waals surface area contributed by atoms with Crippen molar-refractivity contribution in [3.05, 3.63) is 24.3 Å². The molecule has 0 aromatic heterocycles. The smallest absolute Gasteiger partial charge is 0.243 e. The summed E-state index contributed by atoms with van der Waals surface area (Å²) in [7, 11) is -3.57. The van der Waals surface area contributed by atoms with E-state index in [4.69, 9.17) is 5.11 Å². The van der Waals surface area contributed by atoms with Crippen LogP contribution in [0, 0.1) is 10.8 Å². The van der Waals surface area contributed by atoms with Gasteiger partial charge < -0.3 is 15.5 Å². The zero-order valence-corrected chi connectivity index (χ0v) is 16.6. The summed E-state index contributed by atoms with van der Waals surface area (Å²) < 4.78 is 28.3. The Morgan fingerprint density at radius 3 is 2.73 bits per heavy atom. The summed E-state index contributed by atoms with van der Waals surface area (Å²) >= 11 is 0. The molecule has 2 fully saturated rings. The van der Waals surface area contributed by atoms with Gasteiger partial charge in [-0.1, -0.05) is 26.8 Å². The van der Waals surface area contributed by atoms with Gasteiger partial charge in [-0.25, -0.2) is 8.42 Å². The van der Waals surface area contributed by atoms with Crippen molar-refractivity contribution < 1.29 is 18.6 Å². The number of hydrogen-bond donors (Lipinski definition) is 3. The zero-order valence-electron chi connectivity index (χ0n) is 15.8. The molecule has 2 aliphatic rings. The molecule has 1 aliphatic carbocycles. The van der Waals surface area contributed by atoms with Crippen molar-refractivity contribution >= 4 is 15.7 Å². The number of aliphatic hydroxyl groups excluding tert-OH is 2. The first kappa shape index (κ1) is 19.6. The van der Waals surface area contributed by atoms with Crippen molar-refractivity contribution in [3.63, 3.8) is 0 Å². The predicted octanol–water partition coefficient (Wildman–Crippen LogP) is 2.04. The van der Waals surface area contributed by atoms with Gasteiger partial charge in [0.2, 0.25) is 10.0 Å². The van der Waals surface area contributed by atoms with Crippen LogP contribution in [0.15, 0.2) is 29.2 Å². The van der Waals surface area contributed by atoms with E-state index >= 15 is 0 Å². The Kier molecular flexibility index (Phi) is 5.11. The second-order valence-corrected chi connectivity index (χ2v) is 10.9. The highest BCUT2D eigenvalue weighted by Crippen LogP contribution is 2.53. The number of aliphatic hydroxyl groups is 2. The van der Waals surface area contributed by atoms with Crippen LogP contribution < -0.4 is 5.32 Å². The average Bonchev–Trinajstić information content (AvgIpc) is 2.82. The Bertz CT molecular complexity index is 765. The van der Waals surface area contributed by atoms with E-state index in [1.54, 1.807) is 28.6 Å². The topological polar surface area (TPSA) is 89.9 Å². The monoisotopic (exact) mass is 382 g/mol. The molecule has 2 bridgehead atoms. The van der Waals surface area contributed by atoms with Crippen LogP contribution in [0.25, 0.3) is 0 Å². The molecule has 3 unspecified atom stereocenters. The van der Waals surface area contributed by atoms with Crippen molar-refractivity contribution in [1.29, 1.82) is 0 Å². The van der Waals surface area contributed by atoms with Crippen LogP contribution >= 0.6 is 0 Å². The van der Waals surface area contributed by atoms with E-state index in [2.05, 4.69) is 26.1 Å². The van der Waals surface area contributed by atoms with Gasteiger partial charge in [0, 0.05) is 24.8 Å². The number of nitrogens with zero attached hydrogens (tertiary/aromatic N) is 1. The number of rotatable bonds is 6. The maximum absolute atomic E-state index is 13.3. The molecule has 0 spiro atoms. The van der Waals surface area contributed by atoms with E-state index in [1.807, 2.05) is 0 Å². The lowest BCUT2D eigenvalue weighted by molar-refractivity contribution is 0.105. The van der Waals surface area contributed by atoms with E-state index in [0.29, 0.717) is 12.2 Å². The Hall–Kier alpha value is -1.15. The van der Waals surface area contributed by atoms with E-state index < -0.39 is 16.1 Å². The third-order valence-electron chi connectivity index (χ3n) is 5.56. The summed E-state index contributed by atoms with van der Waals surface area (Å²) in [5, 5.41) is 21.3. The summed E-state index contributed by atoms with van der Waals surface area (Å²) in [5.74, 6) is 0. The summed E-state index contributed by atoms with van der Waals surface area (Å²) in [5.41, 5.74) is 0.819. The molecule has 3 atom stereocenters. The highest BCUT2D eigenvalue weighted by molar-refractivity contribution is 7.89. The van der Waals surface area contributed by atoms with Crippen molar-refractivity contribution in [3.8, 4) is 0 Å². The minimum Gasteiger partial charge on any atom is -0.394 e. The standard InChI is InChI=1S/C19H30N2O4S/c1-18(2)8-15-9-19(3,12-18)13-21(15)26(24,25)17-6-4-5-14(7-17)20-10-16(23)11-22/h4-7,15-16,20,22-23H,8-13H2,1-3H3. The second-order valence-electron chi connectivity index (χ2n) is 9.01. The fourth-order valence-corrected chi connectivity index (χ4v) is 6.71. The van der Waals surface area contributed by atoms with Gasteiger partial charge in [0.25, 0.3) is 0 Å². The van der Waals surface area contributed by atoms with Gasteiger partial charge in [0.1, 0.15) is 0 Å². The Labute approximate surface area is 156 Å². The quantitative estimate of drug-likeness (QED) is 0.701. The summed E-state index contributed by atoms with van der Waals surface area (Å²) in [6.07, 6.45) is 1.98. The minimum atomic E-state index is -3.57. The summed E-state index contributed by atoms with van der Waals surface area (Å²) in [6, 6.07) is 6.75. The van der Waals surface area contributed by atoms with Gasteiger partial charge in [-0.2, -0.15) is 4.31 Å². The molecule has 1 heterocycles. The molecule has 0 radical (unpaired) electrons. The van der Waals surface area contributed by atoms with Crippen LogP contribution in [0.2, 0.25) is 0 Å². The molecule has 26 heavy (non-hydrogen) atoms. The molecule has 3 rings (SSSR count). The lowest BCUT2D eigenvalue weighted by atomic mass is 9.65. The van der Waals surface area contributed by atoms with Crippen LogP contribution in [-0.2, 0) is 10.0 Å². The SMILES string of the molecule is CC1(C)CC2CC(C)(CN2S(=O)(=O)c2cccc(NCC(O)CO)c2)C1. The number of anilines is 1. The fraction of sp³-hybridized carbons (Fsp3) is 0.684. The molecule has 1 aromatic rings. The normalized spacial score (nSPS) is 29.5. The van der Waals surface area contributed by atoms with E-state index in [1.165, 1.54) is 0 Å². The molecule has 3 N–H and O–H groups in total. The van der Waals surface area contributed by atoms with E-state index in [0.717, 1.165) is 19.3 Å². The molecule has 7 heteroatoms. The molecule has 0 amide bonds. The Balaban J connectivity index is 1.83. The third kappa shape index (κ3) is 3.91. The van der Waals surface area contributed by atoms with E-state index in [-0.39, 0.29) is 34.9 Å². The van der Waals surface area contributed by atoms with Gasteiger partial charge in [-0.3, -0.25) is 0 Å². The van der Waals surface area contributed by atoms with Gasteiger partial charge in [-0.15, -0.1) is 0 Å². The first-order valence-electron chi connectivity index (χ1n) is 9.19. The number of benzene rings is 1. The molecule has 1 saturated carbocycles.